The van der Waals surface area contributed by atoms with Crippen LogP contribution in [0.1, 0.15) is 29.9 Å². The van der Waals surface area contributed by atoms with E-state index in [2.05, 4.69) is 33.7 Å². The van der Waals surface area contributed by atoms with Gasteiger partial charge in [-0.2, -0.15) is 0 Å². The lowest BCUT2D eigenvalue weighted by atomic mass is 9.89. The smallest absolute Gasteiger partial charge is 0.228 e. The highest BCUT2D eigenvalue weighted by atomic mass is 19.1. The Kier molecular flexibility index (Phi) is 4.79. The number of para-hydroxylation sites is 1. The van der Waals surface area contributed by atoms with Gasteiger partial charge in [0.05, 0.1) is 5.92 Å². The highest BCUT2D eigenvalue weighted by molar-refractivity contribution is 6.01. The molecule has 0 unspecified atom stereocenters. The van der Waals surface area contributed by atoms with E-state index in [9.17, 15) is 14.0 Å². The normalized spacial score (nSPS) is 17.9. The molecule has 2 aliphatic heterocycles. The third-order valence-corrected chi connectivity index (χ3v) is 5.26. The van der Waals surface area contributed by atoms with Gasteiger partial charge in [0.2, 0.25) is 11.8 Å². The molecule has 0 aliphatic carbocycles. The van der Waals surface area contributed by atoms with Crippen LogP contribution in [-0.2, 0) is 16.0 Å². The predicted molar refractivity (Wildman–Crippen MR) is 102 cm³/mol. The number of carbonyl (C=O) groups excluding carboxylic acids is 2. The average molecular weight is 367 g/mol. The summed E-state index contributed by atoms with van der Waals surface area (Å²) >= 11 is 0. The molecule has 0 saturated carbocycles. The zero-order valence-electron chi connectivity index (χ0n) is 15.0. The first-order valence-corrected chi connectivity index (χ1v) is 9.31. The summed E-state index contributed by atoms with van der Waals surface area (Å²) in [6, 6.07) is 12.5. The fourth-order valence-corrected chi connectivity index (χ4v) is 3.91. The van der Waals surface area contributed by atoms with E-state index in [4.69, 9.17) is 0 Å². The fraction of sp³-hybridized carbons (Fsp3) is 0.333. The SMILES string of the molecule is O=C1C[C@H](C(=O)NCCCN2CCc3ccccc32)c2cc(F)ccc2N1. The van der Waals surface area contributed by atoms with Crippen LogP contribution in [0.4, 0.5) is 15.8 Å². The zero-order chi connectivity index (χ0) is 18.8. The Bertz CT molecular complexity index is 883. The summed E-state index contributed by atoms with van der Waals surface area (Å²) in [5.74, 6) is -1.49. The lowest BCUT2D eigenvalue weighted by Gasteiger charge is -2.25. The van der Waals surface area contributed by atoms with Crippen LogP contribution < -0.4 is 15.5 Å². The van der Waals surface area contributed by atoms with Gasteiger partial charge in [0.25, 0.3) is 0 Å². The van der Waals surface area contributed by atoms with E-state index in [-0.39, 0.29) is 18.2 Å². The van der Waals surface area contributed by atoms with Crippen molar-refractivity contribution in [1.29, 1.82) is 0 Å². The minimum absolute atomic E-state index is 0.0434. The predicted octanol–water partition coefficient (Wildman–Crippen LogP) is 2.82. The molecule has 4 rings (SSSR count). The van der Waals surface area contributed by atoms with E-state index in [0.717, 1.165) is 25.9 Å². The van der Waals surface area contributed by atoms with Gasteiger partial charge in [-0.3, -0.25) is 9.59 Å². The maximum atomic E-state index is 13.6. The van der Waals surface area contributed by atoms with Gasteiger partial charge >= 0.3 is 0 Å². The minimum Gasteiger partial charge on any atom is -0.371 e. The van der Waals surface area contributed by atoms with Gasteiger partial charge in [-0.05, 0) is 48.2 Å². The number of fused-ring (bicyclic) bond motifs is 2. The molecule has 2 N–H and O–H groups in total. The molecular weight excluding hydrogens is 345 g/mol. The van der Waals surface area contributed by atoms with E-state index in [1.807, 2.05) is 6.07 Å². The van der Waals surface area contributed by atoms with Gasteiger partial charge in [-0.15, -0.1) is 0 Å². The van der Waals surface area contributed by atoms with Crippen molar-refractivity contribution in [1.82, 2.24) is 5.32 Å². The maximum absolute atomic E-state index is 13.6. The molecule has 0 aromatic heterocycles. The monoisotopic (exact) mass is 367 g/mol. The molecule has 140 valence electrons. The van der Waals surface area contributed by atoms with Crippen molar-refractivity contribution in [3.8, 4) is 0 Å². The summed E-state index contributed by atoms with van der Waals surface area (Å²) in [6.45, 7) is 2.40. The lowest BCUT2D eigenvalue weighted by Crippen LogP contribution is -2.36. The Morgan fingerprint density at radius 3 is 3.00 bits per heavy atom. The van der Waals surface area contributed by atoms with Crippen molar-refractivity contribution in [2.75, 3.05) is 29.9 Å². The average Bonchev–Trinajstić information content (AvgIpc) is 3.08. The number of hydrogen-bond donors (Lipinski definition) is 2. The van der Waals surface area contributed by atoms with Crippen molar-refractivity contribution in [3.63, 3.8) is 0 Å². The van der Waals surface area contributed by atoms with Crippen molar-refractivity contribution >= 4 is 23.2 Å². The zero-order valence-corrected chi connectivity index (χ0v) is 15.0. The first-order chi connectivity index (χ1) is 13.1. The second-order valence-corrected chi connectivity index (χ2v) is 7.05. The van der Waals surface area contributed by atoms with Gasteiger partial charge in [0.15, 0.2) is 0 Å². The van der Waals surface area contributed by atoms with Crippen LogP contribution in [0.2, 0.25) is 0 Å². The van der Waals surface area contributed by atoms with Crippen molar-refractivity contribution in [3.05, 3.63) is 59.4 Å². The number of benzene rings is 2. The molecular formula is C21H22FN3O2. The molecule has 2 heterocycles. The molecule has 0 fully saturated rings. The summed E-state index contributed by atoms with van der Waals surface area (Å²) in [5, 5.41) is 5.61. The molecule has 2 aliphatic rings. The first-order valence-electron chi connectivity index (χ1n) is 9.31. The van der Waals surface area contributed by atoms with Crippen LogP contribution in [0, 0.1) is 5.82 Å². The molecule has 2 aromatic carbocycles. The Morgan fingerprint density at radius 1 is 1.26 bits per heavy atom. The fourth-order valence-electron chi connectivity index (χ4n) is 3.91. The summed E-state index contributed by atoms with van der Waals surface area (Å²) in [5.41, 5.74) is 3.70. The van der Waals surface area contributed by atoms with Crippen LogP contribution in [-0.4, -0.2) is 31.4 Å². The molecule has 2 amide bonds. The molecule has 2 aromatic rings. The Hall–Kier alpha value is -2.89. The highest BCUT2D eigenvalue weighted by Gasteiger charge is 2.30. The number of hydrogen-bond acceptors (Lipinski definition) is 3. The Balaban J connectivity index is 1.33. The van der Waals surface area contributed by atoms with Crippen molar-refractivity contribution in [2.45, 2.75) is 25.2 Å². The van der Waals surface area contributed by atoms with Crippen molar-refractivity contribution < 1.29 is 14.0 Å². The van der Waals surface area contributed by atoms with Gasteiger partial charge in [-0.25, -0.2) is 4.39 Å². The van der Waals surface area contributed by atoms with Crippen LogP contribution >= 0.6 is 0 Å². The molecule has 1 atom stereocenters. The molecule has 0 spiro atoms. The molecule has 0 radical (unpaired) electrons. The van der Waals surface area contributed by atoms with Gasteiger partial charge in [-0.1, -0.05) is 18.2 Å². The van der Waals surface area contributed by atoms with Gasteiger partial charge in [0, 0.05) is 37.4 Å². The van der Waals surface area contributed by atoms with E-state index in [0.29, 0.717) is 17.8 Å². The van der Waals surface area contributed by atoms with Crippen LogP contribution in [0.15, 0.2) is 42.5 Å². The first kappa shape index (κ1) is 17.5. The molecule has 6 heteroatoms. The van der Waals surface area contributed by atoms with E-state index in [1.54, 1.807) is 0 Å². The largest absolute Gasteiger partial charge is 0.371 e. The number of amides is 2. The number of anilines is 2. The number of carbonyl (C=O) groups is 2. The molecule has 0 bridgehead atoms. The number of rotatable bonds is 5. The number of nitrogens with zero attached hydrogens (tertiary/aromatic N) is 1. The Labute approximate surface area is 157 Å². The topological polar surface area (TPSA) is 61.4 Å². The van der Waals surface area contributed by atoms with Gasteiger partial charge < -0.3 is 15.5 Å². The van der Waals surface area contributed by atoms with Crippen LogP contribution in [0.25, 0.3) is 0 Å². The van der Waals surface area contributed by atoms with E-state index in [1.165, 1.54) is 29.4 Å². The minimum atomic E-state index is -0.642. The van der Waals surface area contributed by atoms with E-state index >= 15 is 0 Å². The third kappa shape index (κ3) is 3.65. The van der Waals surface area contributed by atoms with Gasteiger partial charge in [0.1, 0.15) is 5.82 Å². The molecule has 0 saturated heterocycles. The summed E-state index contributed by atoms with van der Waals surface area (Å²) in [7, 11) is 0. The number of nitrogens with one attached hydrogen (secondary N) is 2. The maximum Gasteiger partial charge on any atom is 0.228 e. The molecule has 27 heavy (non-hydrogen) atoms. The third-order valence-electron chi connectivity index (χ3n) is 5.26. The van der Waals surface area contributed by atoms with Crippen molar-refractivity contribution in [2.24, 2.45) is 0 Å². The lowest BCUT2D eigenvalue weighted by molar-refractivity contribution is -0.126. The van der Waals surface area contributed by atoms with E-state index < -0.39 is 11.7 Å². The standard InChI is InChI=1S/C21H22FN3O2/c22-15-6-7-18-16(12-15)17(13-20(26)24-18)21(27)23-9-3-10-25-11-8-14-4-1-2-5-19(14)25/h1-2,4-7,12,17H,3,8-11,13H2,(H,23,27)(H,24,26)/t17-/m0/s1. The van der Waals surface area contributed by atoms with Crippen LogP contribution in [0.5, 0.6) is 0 Å². The molecule has 5 nitrogen and oxygen atoms in total. The highest BCUT2D eigenvalue weighted by Crippen LogP contribution is 2.33. The quantitative estimate of drug-likeness (QED) is 0.799. The summed E-state index contributed by atoms with van der Waals surface area (Å²) in [4.78, 5) is 26.8. The summed E-state index contributed by atoms with van der Waals surface area (Å²) in [6.07, 6.45) is 1.92. The second-order valence-electron chi connectivity index (χ2n) is 7.05. The van der Waals surface area contributed by atoms with Crippen LogP contribution in [0.3, 0.4) is 0 Å². The summed E-state index contributed by atoms with van der Waals surface area (Å²) < 4.78 is 13.6. The Morgan fingerprint density at radius 2 is 2.11 bits per heavy atom. The second kappa shape index (κ2) is 7.39. The number of halogens is 1.